The van der Waals surface area contributed by atoms with Crippen LogP contribution < -0.4 is 0 Å². The quantitative estimate of drug-likeness (QED) is 0.348. The normalized spacial score (nSPS) is 31.9. The number of aliphatic hydroxyl groups is 5. The van der Waals surface area contributed by atoms with Gasteiger partial charge in [-0.15, -0.1) is 0 Å². The SMILES string of the molecule is OC[C@@H](O)[C@@H]1OC(O)=C(O)[C@H]1O. The molecule has 0 amide bonds. The van der Waals surface area contributed by atoms with Crippen LogP contribution in [-0.2, 0) is 4.74 Å². The van der Waals surface area contributed by atoms with Gasteiger partial charge >= 0.3 is 5.95 Å². The van der Waals surface area contributed by atoms with Gasteiger partial charge in [0.05, 0.1) is 6.61 Å². The summed E-state index contributed by atoms with van der Waals surface area (Å²) < 4.78 is 4.46. The number of aliphatic hydroxyl groups excluding tert-OH is 5. The summed E-state index contributed by atoms with van der Waals surface area (Å²) in [7, 11) is 0. The van der Waals surface area contributed by atoms with Crippen molar-refractivity contribution in [1.82, 2.24) is 0 Å². The van der Waals surface area contributed by atoms with Crippen LogP contribution in [0.25, 0.3) is 0 Å². The highest BCUT2D eigenvalue weighted by atomic mass is 16.6. The van der Waals surface area contributed by atoms with Crippen molar-refractivity contribution >= 4 is 0 Å². The number of hydrogen-bond donors (Lipinski definition) is 5. The fraction of sp³-hybridized carbons (Fsp3) is 0.667. The van der Waals surface area contributed by atoms with E-state index < -0.39 is 36.6 Å². The molecule has 3 atom stereocenters. The predicted octanol–water partition coefficient (Wildman–Crippen LogP) is -1.62. The molecule has 0 bridgehead atoms. The third-order valence-electron chi connectivity index (χ3n) is 1.62. The topological polar surface area (TPSA) is 110 Å². The maximum absolute atomic E-state index is 9.07. The molecule has 0 saturated heterocycles. The summed E-state index contributed by atoms with van der Waals surface area (Å²) in [6, 6.07) is 0. The summed E-state index contributed by atoms with van der Waals surface area (Å²) in [6.07, 6.45) is -4.05. The van der Waals surface area contributed by atoms with E-state index in [0.29, 0.717) is 0 Å². The lowest BCUT2D eigenvalue weighted by molar-refractivity contribution is -0.0798. The maximum Gasteiger partial charge on any atom is 0.319 e. The molecule has 0 saturated carbocycles. The number of ether oxygens (including phenoxy) is 1. The van der Waals surface area contributed by atoms with Crippen molar-refractivity contribution in [3.8, 4) is 0 Å². The Balaban J connectivity index is 2.66. The third-order valence-corrected chi connectivity index (χ3v) is 1.62. The Labute approximate surface area is 68.0 Å². The van der Waals surface area contributed by atoms with E-state index in [1.165, 1.54) is 0 Å². The van der Waals surface area contributed by atoms with E-state index in [1.807, 2.05) is 0 Å². The first kappa shape index (κ1) is 9.11. The molecule has 0 spiro atoms. The smallest absolute Gasteiger partial charge is 0.319 e. The van der Waals surface area contributed by atoms with Gasteiger partial charge in [-0.25, -0.2) is 0 Å². The zero-order chi connectivity index (χ0) is 9.30. The molecule has 1 rings (SSSR count). The molecule has 0 radical (unpaired) electrons. The molecule has 0 aliphatic carbocycles. The van der Waals surface area contributed by atoms with Crippen molar-refractivity contribution in [2.24, 2.45) is 0 Å². The van der Waals surface area contributed by atoms with E-state index >= 15 is 0 Å². The van der Waals surface area contributed by atoms with E-state index in [9.17, 15) is 0 Å². The average Bonchev–Trinajstić information content (AvgIpc) is 2.32. The molecule has 1 heterocycles. The minimum Gasteiger partial charge on any atom is -0.504 e. The highest BCUT2D eigenvalue weighted by Gasteiger charge is 2.40. The van der Waals surface area contributed by atoms with Gasteiger partial charge in [0.25, 0.3) is 0 Å². The zero-order valence-corrected chi connectivity index (χ0v) is 6.08. The lowest BCUT2D eigenvalue weighted by Gasteiger charge is -2.18. The van der Waals surface area contributed by atoms with Gasteiger partial charge in [0.15, 0.2) is 12.2 Å². The summed E-state index contributed by atoms with van der Waals surface area (Å²) in [4.78, 5) is 0. The molecule has 0 unspecified atom stereocenters. The van der Waals surface area contributed by atoms with E-state index in [1.54, 1.807) is 0 Å². The predicted molar refractivity (Wildman–Crippen MR) is 36.3 cm³/mol. The Morgan fingerprint density at radius 2 is 2.00 bits per heavy atom. The second-order valence-corrected chi connectivity index (χ2v) is 2.47. The second kappa shape index (κ2) is 3.18. The fourth-order valence-corrected chi connectivity index (χ4v) is 0.929. The van der Waals surface area contributed by atoms with Crippen LogP contribution in [0, 0.1) is 0 Å². The zero-order valence-electron chi connectivity index (χ0n) is 6.08. The minimum absolute atomic E-state index is 0.623. The van der Waals surface area contributed by atoms with Crippen LogP contribution in [0.4, 0.5) is 0 Å². The molecule has 6 nitrogen and oxygen atoms in total. The Bertz CT molecular complexity index is 200. The van der Waals surface area contributed by atoms with Gasteiger partial charge in [-0.1, -0.05) is 0 Å². The Hall–Kier alpha value is -0.980. The van der Waals surface area contributed by atoms with Gasteiger partial charge in [-0.2, -0.15) is 0 Å². The Kier molecular flexibility index (Phi) is 2.41. The molecule has 0 aromatic heterocycles. The summed E-state index contributed by atoms with van der Waals surface area (Å²) >= 11 is 0. The first-order valence-electron chi connectivity index (χ1n) is 3.33. The standard InChI is InChI=1S/C6H10O6/c7-1-2(8)5-3(9)4(10)6(11)12-5/h2-3,5,7-11H,1H2/t2-,3-,5+/m1/s1. The van der Waals surface area contributed by atoms with Crippen LogP contribution in [0.1, 0.15) is 0 Å². The summed E-state index contributed by atoms with van der Waals surface area (Å²) in [6.45, 7) is -0.623. The number of rotatable bonds is 2. The highest BCUT2D eigenvalue weighted by molar-refractivity contribution is 5.09. The van der Waals surface area contributed by atoms with Crippen molar-refractivity contribution in [3.63, 3.8) is 0 Å². The highest BCUT2D eigenvalue weighted by Crippen LogP contribution is 2.23. The molecule has 6 heteroatoms. The molecule has 1 aliphatic heterocycles. The van der Waals surface area contributed by atoms with Gasteiger partial charge in [-0.3, -0.25) is 0 Å². The molecule has 0 aromatic rings. The minimum atomic E-state index is -1.49. The van der Waals surface area contributed by atoms with Gasteiger partial charge in [-0.05, 0) is 0 Å². The van der Waals surface area contributed by atoms with Crippen LogP contribution in [0.3, 0.4) is 0 Å². The van der Waals surface area contributed by atoms with E-state index in [4.69, 9.17) is 25.5 Å². The molecular weight excluding hydrogens is 168 g/mol. The average molecular weight is 178 g/mol. The Morgan fingerprint density at radius 1 is 1.42 bits per heavy atom. The Morgan fingerprint density at radius 3 is 2.33 bits per heavy atom. The van der Waals surface area contributed by atoms with Crippen molar-refractivity contribution in [2.45, 2.75) is 18.3 Å². The van der Waals surface area contributed by atoms with Crippen LogP contribution in [0.5, 0.6) is 0 Å². The molecule has 1 aliphatic rings. The second-order valence-electron chi connectivity index (χ2n) is 2.47. The third kappa shape index (κ3) is 1.31. The van der Waals surface area contributed by atoms with Crippen LogP contribution in [0.15, 0.2) is 11.7 Å². The van der Waals surface area contributed by atoms with E-state index in [2.05, 4.69) is 4.74 Å². The van der Waals surface area contributed by atoms with Crippen molar-refractivity contribution < 1.29 is 30.3 Å². The van der Waals surface area contributed by atoms with Crippen molar-refractivity contribution in [2.75, 3.05) is 6.61 Å². The van der Waals surface area contributed by atoms with E-state index in [-0.39, 0.29) is 0 Å². The monoisotopic (exact) mass is 178 g/mol. The summed E-state index contributed by atoms with van der Waals surface area (Å²) in [5.41, 5.74) is 0. The fourth-order valence-electron chi connectivity index (χ4n) is 0.929. The van der Waals surface area contributed by atoms with Gasteiger partial charge in [0.2, 0.25) is 5.76 Å². The number of hydrogen-bond acceptors (Lipinski definition) is 6. The molecule has 5 N–H and O–H groups in total. The lowest BCUT2D eigenvalue weighted by atomic mass is 10.1. The molecular formula is C6H10O6. The lowest BCUT2D eigenvalue weighted by Crippen LogP contribution is -2.38. The van der Waals surface area contributed by atoms with Gasteiger partial charge < -0.3 is 30.3 Å². The molecule has 12 heavy (non-hydrogen) atoms. The molecule has 0 aromatic carbocycles. The van der Waals surface area contributed by atoms with Gasteiger partial charge in [0.1, 0.15) is 6.10 Å². The van der Waals surface area contributed by atoms with Crippen molar-refractivity contribution in [1.29, 1.82) is 0 Å². The van der Waals surface area contributed by atoms with Crippen LogP contribution in [0.2, 0.25) is 0 Å². The largest absolute Gasteiger partial charge is 0.504 e. The molecule has 70 valence electrons. The van der Waals surface area contributed by atoms with Crippen LogP contribution in [-0.4, -0.2) is 50.5 Å². The summed E-state index contributed by atoms with van der Waals surface area (Å²) in [5, 5.41) is 44.1. The van der Waals surface area contributed by atoms with Crippen LogP contribution >= 0.6 is 0 Å². The first-order valence-corrected chi connectivity index (χ1v) is 3.33. The maximum atomic E-state index is 9.07. The van der Waals surface area contributed by atoms with E-state index in [0.717, 1.165) is 0 Å². The summed E-state index contributed by atoms with van der Waals surface area (Å²) in [5.74, 6) is -1.55. The first-order chi connectivity index (χ1) is 5.57. The van der Waals surface area contributed by atoms with Crippen molar-refractivity contribution in [3.05, 3.63) is 11.7 Å². The molecule has 0 fully saturated rings. The van der Waals surface area contributed by atoms with Gasteiger partial charge in [0, 0.05) is 0 Å².